The Kier molecular flexibility index (Phi) is 3.92. The Morgan fingerprint density at radius 3 is 2.14 bits per heavy atom. The third-order valence-corrected chi connectivity index (χ3v) is 2.44. The zero-order valence-electron chi connectivity index (χ0n) is 7.46. The molecule has 0 N–H and O–H groups in total. The minimum absolute atomic E-state index is 0.201. The molecular weight excluding hydrogens is 225 g/mol. The number of hydrogen-bond acceptors (Lipinski definition) is 4. The summed E-state index contributed by atoms with van der Waals surface area (Å²) in [5.41, 5.74) is -5.56. The van der Waals surface area contributed by atoms with Crippen LogP contribution in [0.2, 0.25) is 0 Å². The zero-order valence-corrected chi connectivity index (χ0v) is 8.28. The van der Waals surface area contributed by atoms with Gasteiger partial charge in [-0.05, 0) is 6.42 Å². The SMILES string of the molecule is CCC(C)C(=O)OS(=O)(=O)C(F)(F)F. The van der Waals surface area contributed by atoms with E-state index in [-0.39, 0.29) is 6.42 Å². The summed E-state index contributed by atoms with van der Waals surface area (Å²) in [5.74, 6) is -2.28. The molecule has 0 aromatic heterocycles. The molecular formula is C6H9F3O4S. The summed E-state index contributed by atoms with van der Waals surface area (Å²) in [6, 6.07) is 0. The molecule has 4 nitrogen and oxygen atoms in total. The van der Waals surface area contributed by atoms with E-state index in [9.17, 15) is 26.4 Å². The molecule has 84 valence electrons. The van der Waals surface area contributed by atoms with Crippen LogP contribution in [0, 0.1) is 5.92 Å². The van der Waals surface area contributed by atoms with E-state index in [0.717, 1.165) is 0 Å². The summed E-state index contributed by atoms with van der Waals surface area (Å²) in [6.45, 7) is 2.79. The molecule has 0 aliphatic carbocycles. The van der Waals surface area contributed by atoms with Crippen molar-refractivity contribution in [2.75, 3.05) is 0 Å². The first kappa shape index (κ1) is 13.2. The molecule has 0 heterocycles. The lowest BCUT2D eigenvalue weighted by Crippen LogP contribution is -2.30. The normalized spacial score (nSPS) is 14.9. The van der Waals surface area contributed by atoms with Crippen LogP contribution in [0.5, 0.6) is 0 Å². The fourth-order valence-electron chi connectivity index (χ4n) is 0.404. The first-order valence-electron chi connectivity index (χ1n) is 3.66. The van der Waals surface area contributed by atoms with E-state index in [4.69, 9.17) is 0 Å². The van der Waals surface area contributed by atoms with Crippen molar-refractivity contribution >= 4 is 16.1 Å². The van der Waals surface area contributed by atoms with Crippen LogP contribution >= 0.6 is 0 Å². The van der Waals surface area contributed by atoms with Crippen LogP contribution in [0.15, 0.2) is 0 Å². The average molecular weight is 234 g/mol. The molecule has 1 atom stereocenters. The molecule has 0 aliphatic rings. The number of carbonyl (C=O) groups excluding carboxylic acids is 1. The van der Waals surface area contributed by atoms with Gasteiger partial charge in [-0.25, -0.2) is 0 Å². The predicted molar refractivity (Wildman–Crippen MR) is 40.5 cm³/mol. The van der Waals surface area contributed by atoms with Crippen molar-refractivity contribution in [1.29, 1.82) is 0 Å². The second kappa shape index (κ2) is 4.16. The maximum absolute atomic E-state index is 11.7. The first-order chi connectivity index (χ1) is 6.12. The molecule has 8 heteroatoms. The summed E-state index contributed by atoms with van der Waals surface area (Å²) in [5, 5.41) is 0. The van der Waals surface area contributed by atoms with Gasteiger partial charge in [0.25, 0.3) is 0 Å². The van der Waals surface area contributed by atoms with E-state index in [1.807, 2.05) is 0 Å². The number of alkyl halides is 3. The summed E-state index contributed by atoms with van der Waals surface area (Å²) < 4.78 is 59.1. The van der Waals surface area contributed by atoms with Gasteiger partial charge in [0.2, 0.25) is 0 Å². The Morgan fingerprint density at radius 1 is 1.43 bits per heavy atom. The Balaban J connectivity index is 4.63. The molecule has 14 heavy (non-hydrogen) atoms. The molecule has 0 bridgehead atoms. The average Bonchev–Trinajstić information content (AvgIpc) is 2.00. The lowest BCUT2D eigenvalue weighted by Gasteiger charge is -2.10. The van der Waals surface area contributed by atoms with Crippen molar-refractivity contribution in [3.63, 3.8) is 0 Å². The monoisotopic (exact) mass is 234 g/mol. The van der Waals surface area contributed by atoms with Gasteiger partial charge >= 0.3 is 21.6 Å². The van der Waals surface area contributed by atoms with Gasteiger partial charge in [-0.3, -0.25) is 4.79 Å². The quantitative estimate of drug-likeness (QED) is 0.547. The van der Waals surface area contributed by atoms with Crippen LogP contribution in [-0.2, 0) is 19.1 Å². The van der Waals surface area contributed by atoms with Crippen LogP contribution < -0.4 is 0 Å². The molecule has 0 saturated heterocycles. The van der Waals surface area contributed by atoms with Gasteiger partial charge in [0.05, 0.1) is 5.92 Å². The molecule has 1 unspecified atom stereocenters. The molecule has 0 radical (unpaired) electrons. The predicted octanol–water partition coefficient (Wildman–Crippen LogP) is 1.43. The maximum Gasteiger partial charge on any atom is 0.534 e. The van der Waals surface area contributed by atoms with Crippen LogP contribution in [0.25, 0.3) is 0 Å². The highest BCUT2D eigenvalue weighted by Gasteiger charge is 2.49. The Labute approximate surface area is 79.2 Å². The van der Waals surface area contributed by atoms with Crippen LogP contribution in [-0.4, -0.2) is 19.9 Å². The van der Waals surface area contributed by atoms with E-state index in [2.05, 4.69) is 4.18 Å². The highest BCUT2D eigenvalue weighted by atomic mass is 32.2. The number of rotatable bonds is 3. The molecule has 0 aromatic rings. The topological polar surface area (TPSA) is 60.4 Å². The summed E-state index contributed by atoms with van der Waals surface area (Å²) >= 11 is 0. The van der Waals surface area contributed by atoms with Crippen molar-refractivity contribution in [3.05, 3.63) is 0 Å². The summed E-state index contributed by atoms with van der Waals surface area (Å²) in [7, 11) is -5.80. The molecule has 0 aliphatic heterocycles. The summed E-state index contributed by atoms with van der Waals surface area (Å²) in [6.07, 6.45) is 0.201. The van der Waals surface area contributed by atoms with Crippen LogP contribution in [0.4, 0.5) is 13.2 Å². The second-order valence-electron chi connectivity index (χ2n) is 2.61. The van der Waals surface area contributed by atoms with E-state index in [1.54, 1.807) is 0 Å². The van der Waals surface area contributed by atoms with Gasteiger partial charge in [0, 0.05) is 0 Å². The van der Waals surface area contributed by atoms with E-state index in [1.165, 1.54) is 13.8 Å². The number of carbonyl (C=O) groups is 1. The number of hydrogen-bond donors (Lipinski definition) is 0. The third-order valence-electron chi connectivity index (χ3n) is 1.49. The molecule has 0 amide bonds. The lowest BCUT2D eigenvalue weighted by atomic mass is 10.1. The van der Waals surface area contributed by atoms with Gasteiger partial charge < -0.3 is 4.18 Å². The molecule has 0 spiro atoms. The highest BCUT2D eigenvalue weighted by molar-refractivity contribution is 7.88. The largest absolute Gasteiger partial charge is 0.534 e. The molecule has 0 aromatic carbocycles. The minimum atomic E-state index is -5.80. The van der Waals surface area contributed by atoms with Crippen molar-refractivity contribution < 1.29 is 30.6 Å². The summed E-state index contributed by atoms with van der Waals surface area (Å²) in [4.78, 5) is 10.7. The lowest BCUT2D eigenvalue weighted by molar-refractivity contribution is -0.140. The van der Waals surface area contributed by atoms with Crippen LogP contribution in [0.1, 0.15) is 20.3 Å². The minimum Gasteiger partial charge on any atom is -0.339 e. The highest BCUT2D eigenvalue weighted by Crippen LogP contribution is 2.25. The van der Waals surface area contributed by atoms with Crippen molar-refractivity contribution in [1.82, 2.24) is 0 Å². The number of halogens is 3. The Morgan fingerprint density at radius 2 is 1.86 bits per heavy atom. The zero-order chi connectivity index (χ0) is 11.6. The van der Waals surface area contributed by atoms with Gasteiger partial charge in [0.1, 0.15) is 0 Å². The molecule has 0 saturated carbocycles. The Bertz CT molecular complexity index is 306. The van der Waals surface area contributed by atoms with Crippen LogP contribution in [0.3, 0.4) is 0 Å². The first-order valence-corrected chi connectivity index (χ1v) is 5.07. The third kappa shape index (κ3) is 3.17. The van der Waals surface area contributed by atoms with Gasteiger partial charge in [-0.1, -0.05) is 13.8 Å². The molecule has 0 rings (SSSR count). The second-order valence-corrected chi connectivity index (χ2v) is 4.15. The van der Waals surface area contributed by atoms with Gasteiger partial charge in [0.15, 0.2) is 0 Å². The van der Waals surface area contributed by atoms with Crippen molar-refractivity contribution in [2.45, 2.75) is 25.8 Å². The van der Waals surface area contributed by atoms with Crippen molar-refractivity contribution in [3.8, 4) is 0 Å². The van der Waals surface area contributed by atoms with E-state index < -0.39 is 27.5 Å². The fourth-order valence-corrected chi connectivity index (χ4v) is 0.879. The molecule has 0 fully saturated rings. The standard InChI is InChI=1S/C6H9F3O4S/c1-3-4(2)5(10)13-14(11,12)6(7,8)9/h4H,3H2,1-2H3. The Hall–Kier alpha value is -0.790. The van der Waals surface area contributed by atoms with Gasteiger partial charge in [-0.15, -0.1) is 0 Å². The maximum atomic E-state index is 11.7. The van der Waals surface area contributed by atoms with E-state index in [0.29, 0.717) is 0 Å². The fraction of sp³-hybridized carbons (Fsp3) is 0.833. The smallest absolute Gasteiger partial charge is 0.339 e. The van der Waals surface area contributed by atoms with E-state index >= 15 is 0 Å². The van der Waals surface area contributed by atoms with Gasteiger partial charge in [-0.2, -0.15) is 21.6 Å². The van der Waals surface area contributed by atoms with Crippen molar-refractivity contribution in [2.24, 2.45) is 5.92 Å².